The zero-order chi connectivity index (χ0) is 13.9. The molecule has 0 spiro atoms. The standard InChI is InChI=1S/C14H9F2N3S/c15-10-6-5-9(11(16)7-10)8-17-19-14-18-12-3-1-2-4-13(12)20-14/h1-8H,(H,18,19)/b17-8+. The number of para-hydroxylation sites is 1. The summed E-state index contributed by atoms with van der Waals surface area (Å²) in [5.74, 6) is -1.27. The zero-order valence-electron chi connectivity index (χ0n) is 10.2. The van der Waals surface area contributed by atoms with E-state index in [0.29, 0.717) is 5.13 Å². The fourth-order valence-corrected chi connectivity index (χ4v) is 2.50. The van der Waals surface area contributed by atoms with Crippen LogP contribution in [0, 0.1) is 11.6 Å². The fourth-order valence-electron chi connectivity index (χ4n) is 1.68. The van der Waals surface area contributed by atoms with Crippen molar-refractivity contribution in [3.05, 3.63) is 59.7 Å². The van der Waals surface area contributed by atoms with Gasteiger partial charge in [0.25, 0.3) is 0 Å². The molecule has 0 fully saturated rings. The minimum absolute atomic E-state index is 0.208. The minimum Gasteiger partial charge on any atom is -0.253 e. The molecule has 3 aromatic rings. The fraction of sp³-hybridized carbons (Fsp3) is 0. The third-order valence-corrected chi connectivity index (χ3v) is 3.56. The predicted molar refractivity (Wildman–Crippen MR) is 77.2 cm³/mol. The number of nitrogens with one attached hydrogen (secondary N) is 1. The van der Waals surface area contributed by atoms with E-state index in [1.165, 1.54) is 29.7 Å². The van der Waals surface area contributed by atoms with Crippen molar-refractivity contribution >= 4 is 32.9 Å². The Kier molecular flexibility index (Phi) is 3.39. The van der Waals surface area contributed by atoms with Gasteiger partial charge in [0.1, 0.15) is 11.6 Å². The molecule has 0 aliphatic rings. The van der Waals surface area contributed by atoms with Crippen LogP contribution in [0.1, 0.15) is 5.56 Å². The summed E-state index contributed by atoms with van der Waals surface area (Å²) >= 11 is 1.45. The summed E-state index contributed by atoms with van der Waals surface area (Å²) in [6, 6.07) is 11.0. The number of nitrogens with zero attached hydrogens (tertiary/aromatic N) is 2. The monoisotopic (exact) mass is 289 g/mol. The van der Waals surface area contributed by atoms with E-state index in [1.54, 1.807) is 0 Å². The Labute approximate surface area is 117 Å². The Hall–Kier alpha value is -2.34. The highest BCUT2D eigenvalue weighted by Crippen LogP contribution is 2.25. The minimum atomic E-state index is -0.653. The molecular weight excluding hydrogens is 280 g/mol. The first kappa shape index (κ1) is 12.7. The third kappa shape index (κ3) is 2.65. The second-order valence-electron chi connectivity index (χ2n) is 4.02. The Balaban J connectivity index is 1.76. The number of halogens is 2. The lowest BCUT2D eigenvalue weighted by atomic mass is 10.2. The molecule has 3 rings (SSSR count). The molecular formula is C14H9F2N3S. The van der Waals surface area contributed by atoms with Crippen LogP contribution in [0.2, 0.25) is 0 Å². The molecule has 1 aromatic heterocycles. The summed E-state index contributed by atoms with van der Waals surface area (Å²) in [6.45, 7) is 0. The van der Waals surface area contributed by atoms with E-state index in [4.69, 9.17) is 0 Å². The number of aromatic nitrogens is 1. The molecule has 100 valence electrons. The summed E-state index contributed by atoms with van der Waals surface area (Å²) in [5, 5.41) is 4.52. The van der Waals surface area contributed by atoms with Crippen LogP contribution in [-0.4, -0.2) is 11.2 Å². The predicted octanol–water partition coefficient (Wildman–Crippen LogP) is 4.02. The molecule has 20 heavy (non-hydrogen) atoms. The van der Waals surface area contributed by atoms with Gasteiger partial charge in [-0.05, 0) is 24.3 Å². The Bertz CT molecular complexity index is 750. The number of hydrogen-bond donors (Lipinski definition) is 1. The van der Waals surface area contributed by atoms with Gasteiger partial charge in [0, 0.05) is 11.6 Å². The number of benzene rings is 2. The van der Waals surface area contributed by atoms with Crippen LogP contribution in [0.5, 0.6) is 0 Å². The van der Waals surface area contributed by atoms with E-state index < -0.39 is 11.6 Å². The molecule has 1 heterocycles. The second-order valence-corrected chi connectivity index (χ2v) is 5.05. The number of hydrogen-bond acceptors (Lipinski definition) is 4. The van der Waals surface area contributed by atoms with E-state index in [-0.39, 0.29) is 5.56 Å². The summed E-state index contributed by atoms with van der Waals surface area (Å²) in [7, 11) is 0. The number of thiazole rings is 1. The van der Waals surface area contributed by atoms with Gasteiger partial charge < -0.3 is 0 Å². The SMILES string of the molecule is Fc1ccc(/C=N/Nc2nc3ccccc3s2)c(F)c1. The highest BCUT2D eigenvalue weighted by Gasteiger charge is 2.02. The lowest BCUT2D eigenvalue weighted by molar-refractivity contribution is 0.582. The van der Waals surface area contributed by atoms with E-state index in [1.807, 2.05) is 24.3 Å². The van der Waals surface area contributed by atoms with Crippen LogP contribution < -0.4 is 5.43 Å². The molecule has 0 saturated heterocycles. The first-order valence-electron chi connectivity index (χ1n) is 5.82. The molecule has 3 nitrogen and oxygen atoms in total. The third-order valence-electron chi connectivity index (χ3n) is 2.62. The summed E-state index contributed by atoms with van der Waals surface area (Å²) in [4.78, 5) is 4.32. The highest BCUT2D eigenvalue weighted by atomic mass is 32.1. The van der Waals surface area contributed by atoms with Crippen LogP contribution in [0.15, 0.2) is 47.6 Å². The van der Waals surface area contributed by atoms with E-state index in [2.05, 4.69) is 15.5 Å². The number of hydrazone groups is 1. The van der Waals surface area contributed by atoms with Gasteiger partial charge in [0.05, 0.1) is 16.4 Å². The van der Waals surface area contributed by atoms with E-state index in [9.17, 15) is 8.78 Å². The maximum atomic E-state index is 13.4. The lowest BCUT2D eigenvalue weighted by Crippen LogP contribution is -1.93. The van der Waals surface area contributed by atoms with Crippen LogP contribution in [-0.2, 0) is 0 Å². The Morgan fingerprint density at radius 3 is 2.80 bits per heavy atom. The van der Waals surface area contributed by atoms with Crippen molar-refractivity contribution in [1.29, 1.82) is 0 Å². The molecule has 0 saturated carbocycles. The van der Waals surface area contributed by atoms with Gasteiger partial charge >= 0.3 is 0 Å². The van der Waals surface area contributed by atoms with Gasteiger partial charge in [-0.15, -0.1) is 0 Å². The van der Waals surface area contributed by atoms with Crippen molar-refractivity contribution < 1.29 is 8.78 Å². The molecule has 0 aliphatic carbocycles. The van der Waals surface area contributed by atoms with Crippen molar-refractivity contribution in [3.8, 4) is 0 Å². The van der Waals surface area contributed by atoms with Crippen molar-refractivity contribution in [2.24, 2.45) is 5.10 Å². The first-order valence-corrected chi connectivity index (χ1v) is 6.64. The number of anilines is 1. The molecule has 0 bridgehead atoms. The average molecular weight is 289 g/mol. The molecule has 0 amide bonds. The quantitative estimate of drug-likeness (QED) is 0.584. The van der Waals surface area contributed by atoms with Gasteiger partial charge in [0.2, 0.25) is 5.13 Å². The largest absolute Gasteiger partial charge is 0.253 e. The summed E-state index contributed by atoms with van der Waals surface area (Å²) in [6.07, 6.45) is 1.29. The van der Waals surface area contributed by atoms with Crippen LogP contribution in [0.3, 0.4) is 0 Å². The van der Waals surface area contributed by atoms with Crippen LogP contribution in [0.25, 0.3) is 10.2 Å². The van der Waals surface area contributed by atoms with Gasteiger partial charge in [-0.3, -0.25) is 5.43 Å². The molecule has 2 aromatic carbocycles. The van der Waals surface area contributed by atoms with Crippen molar-refractivity contribution in [2.45, 2.75) is 0 Å². The lowest BCUT2D eigenvalue weighted by Gasteiger charge is -1.96. The van der Waals surface area contributed by atoms with Crippen molar-refractivity contribution in [1.82, 2.24) is 4.98 Å². The zero-order valence-corrected chi connectivity index (χ0v) is 11.0. The van der Waals surface area contributed by atoms with Crippen LogP contribution >= 0.6 is 11.3 Å². The molecule has 0 aliphatic heterocycles. The number of fused-ring (bicyclic) bond motifs is 1. The van der Waals surface area contributed by atoms with Gasteiger partial charge in [0.15, 0.2) is 0 Å². The van der Waals surface area contributed by atoms with E-state index >= 15 is 0 Å². The normalized spacial score (nSPS) is 11.3. The molecule has 6 heteroatoms. The average Bonchev–Trinajstić information content (AvgIpc) is 2.84. The summed E-state index contributed by atoms with van der Waals surface area (Å²) < 4.78 is 27.2. The molecule has 1 N–H and O–H groups in total. The molecule has 0 unspecified atom stereocenters. The topological polar surface area (TPSA) is 37.3 Å². The summed E-state index contributed by atoms with van der Waals surface area (Å²) in [5.41, 5.74) is 3.83. The Morgan fingerprint density at radius 2 is 2.00 bits per heavy atom. The molecule has 0 atom stereocenters. The van der Waals surface area contributed by atoms with Crippen molar-refractivity contribution in [3.63, 3.8) is 0 Å². The van der Waals surface area contributed by atoms with Gasteiger partial charge in [-0.2, -0.15) is 5.10 Å². The number of rotatable bonds is 3. The molecule has 0 radical (unpaired) electrons. The van der Waals surface area contributed by atoms with E-state index in [0.717, 1.165) is 16.3 Å². The first-order chi connectivity index (χ1) is 9.72. The maximum absolute atomic E-state index is 13.4. The smallest absolute Gasteiger partial charge is 0.204 e. The van der Waals surface area contributed by atoms with Gasteiger partial charge in [-0.25, -0.2) is 13.8 Å². The maximum Gasteiger partial charge on any atom is 0.204 e. The van der Waals surface area contributed by atoms with Gasteiger partial charge in [-0.1, -0.05) is 23.5 Å². The second kappa shape index (κ2) is 5.34. The highest BCUT2D eigenvalue weighted by molar-refractivity contribution is 7.22. The van der Waals surface area contributed by atoms with Crippen LogP contribution in [0.4, 0.5) is 13.9 Å². The Morgan fingerprint density at radius 1 is 1.15 bits per heavy atom. The van der Waals surface area contributed by atoms with Crippen molar-refractivity contribution in [2.75, 3.05) is 5.43 Å².